The van der Waals surface area contributed by atoms with E-state index < -0.39 is 5.60 Å². The molecular weight excluding hydrogens is 324 g/mol. The Balaban J connectivity index is 2.54. The Kier molecular flexibility index (Phi) is 6.68. The van der Waals surface area contributed by atoms with Gasteiger partial charge in [-0.2, -0.15) is 0 Å². The molecule has 0 bridgehead atoms. The van der Waals surface area contributed by atoms with Crippen molar-refractivity contribution < 1.29 is 9.84 Å². The maximum Gasteiger partial charge on any atom is 0.141 e. The lowest BCUT2D eigenvalue weighted by Gasteiger charge is -2.37. The van der Waals surface area contributed by atoms with Gasteiger partial charge < -0.3 is 19.6 Å². The molecule has 0 fully saturated rings. The summed E-state index contributed by atoms with van der Waals surface area (Å²) in [5.41, 5.74) is 2.70. The summed E-state index contributed by atoms with van der Waals surface area (Å²) in [7, 11) is 8.04. The van der Waals surface area contributed by atoms with E-state index in [1.54, 1.807) is 0 Å². The highest BCUT2D eigenvalue weighted by molar-refractivity contribution is 5.52. The summed E-state index contributed by atoms with van der Waals surface area (Å²) in [4.78, 5) is 4.10. The molecule has 0 spiro atoms. The van der Waals surface area contributed by atoms with Crippen LogP contribution in [0.4, 0.5) is 11.4 Å². The Morgan fingerprint density at radius 2 is 1.19 bits per heavy atom. The molecule has 2 aromatic carbocycles. The fourth-order valence-corrected chi connectivity index (χ4v) is 3.30. The van der Waals surface area contributed by atoms with E-state index in [1.165, 1.54) is 0 Å². The molecule has 0 radical (unpaired) electrons. The van der Waals surface area contributed by atoms with Crippen molar-refractivity contribution >= 4 is 11.4 Å². The van der Waals surface area contributed by atoms with Crippen LogP contribution in [0.15, 0.2) is 48.5 Å². The van der Waals surface area contributed by atoms with Gasteiger partial charge >= 0.3 is 0 Å². The Labute approximate surface area is 158 Å². The molecule has 4 heteroatoms. The van der Waals surface area contributed by atoms with Gasteiger partial charge in [0.15, 0.2) is 0 Å². The summed E-state index contributed by atoms with van der Waals surface area (Å²) in [6.07, 6.45) is 0.401. The van der Waals surface area contributed by atoms with E-state index >= 15 is 0 Å². The van der Waals surface area contributed by atoms with Crippen LogP contribution in [0.2, 0.25) is 0 Å². The Bertz CT molecular complexity index is 627. The van der Waals surface area contributed by atoms with Crippen molar-refractivity contribution in [3.63, 3.8) is 0 Å². The van der Waals surface area contributed by atoms with Crippen molar-refractivity contribution in [3.8, 4) is 0 Å². The zero-order valence-corrected chi connectivity index (χ0v) is 16.9. The second kappa shape index (κ2) is 8.56. The van der Waals surface area contributed by atoms with Gasteiger partial charge in [0.05, 0.1) is 6.10 Å². The number of rotatable bonds is 8. The minimum Gasteiger partial charge on any atom is -0.378 e. The molecule has 1 N–H and O–H groups in total. The van der Waals surface area contributed by atoms with Crippen LogP contribution < -0.4 is 9.80 Å². The molecule has 0 saturated heterocycles. The van der Waals surface area contributed by atoms with E-state index in [0.717, 1.165) is 28.9 Å². The van der Waals surface area contributed by atoms with Gasteiger partial charge in [-0.15, -0.1) is 0 Å². The molecule has 0 aliphatic rings. The maximum absolute atomic E-state index is 11.9. The van der Waals surface area contributed by atoms with E-state index in [0.29, 0.717) is 6.61 Å². The molecule has 1 unspecified atom stereocenters. The second-order valence-electron chi connectivity index (χ2n) is 7.00. The Morgan fingerprint density at radius 1 is 0.808 bits per heavy atom. The molecule has 2 aromatic rings. The first kappa shape index (κ1) is 20.3. The highest BCUT2D eigenvalue weighted by Crippen LogP contribution is 2.37. The van der Waals surface area contributed by atoms with E-state index in [4.69, 9.17) is 4.74 Å². The van der Waals surface area contributed by atoms with Crippen molar-refractivity contribution in [1.82, 2.24) is 0 Å². The van der Waals surface area contributed by atoms with Crippen LogP contribution in [0.3, 0.4) is 0 Å². The Hall–Kier alpha value is -2.04. The van der Waals surface area contributed by atoms with Crippen LogP contribution in [0.5, 0.6) is 0 Å². The zero-order chi connectivity index (χ0) is 19.3. The van der Waals surface area contributed by atoms with E-state index in [2.05, 4.69) is 9.80 Å². The van der Waals surface area contributed by atoms with E-state index in [1.807, 2.05) is 90.6 Å². The number of anilines is 2. The standard InChI is InChI=1S/C22H32N2O2/c1-7-21(26-8-2)22(25,17-9-13-19(14-10-17)23(3)4)18-11-15-20(16-12-18)24(5)6/h9-16,21,25H,7-8H2,1-6H3. The molecular formula is C22H32N2O2. The van der Waals surface area contributed by atoms with E-state index in [-0.39, 0.29) is 6.10 Å². The van der Waals surface area contributed by atoms with Crippen LogP contribution in [-0.2, 0) is 10.3 Å². The third-order valence-corrected chi connectivity index (χ3v) is 4.85. The number of hydrogen-bond donors (Lipinski definition) is 1. The highest BCUT2D eigenvalue weighted by Gasteiger charge is 2.40. The van der Waals surface area contributed by atoms with Crippen LogP contribution in [0.1, 0.15) is 31.4 Å². The summed E-state index contributed by atoms with van der Waals surface area (Å²) in [5.74, 6) is 0. The fourth-order valence-electron chi connectivity index (χ4n) is 3.30. The fraction of sp³-hybridized carbons (Fsp3) is 0.455. The molecule has 142 valence electrons. The first-order valence-electron chi connectivity index (χ1n) is 9.24. The number of aliphatic hydroxyl groups is 1. The molecule has 0 aliphatic heterocycles. The largest absolute Gasteiger partial charge is 0.378 e. The average molecular weight is 357 g/mol. The predicted molar refractivity (Wildman–Crippen MR) is 110 cm³/mol. The summed E-state index contributed by atoms with van der Waals surface area (Å²) < 4.78 is 5.95. The van der Waals surface area contributed by atoms with Crippen molar-refractivity contribution in [2.24, 2.45) is 0 Å². The Morgan fingerprint density at radius 3 is 1.46 bits per heavy atom. The molecule has 26 heavy (non-hydrogen) atoms. The predicted octanol–water partition coefficient (Wildman–Crippen LogP) is 3.87. The lowest BCUT2D eigenvalue weighted by atomic mass is 9.80. The normalized spacial score (nSPS) is 12.7. The molecule has 0 amide bonds. The van der Waals surface area contributed by atoms with Gasteiger partial charge in [0.2, 0.25) is 0 Å². The number of benzene rings is 2. The molecule has 0 aromatic heterocycles. The average Bonchev–Trinajstić information content (AvgIpc) is 2.65. The van der Waals surface area contributed by atoms with Crippen molar-refractivity contribution in [3.05, 3.63) is 59.7 Å². The highest BCUT2D eigenvalue weighted by atomic mass is 16.5. The molecule has 0 aliphatic carbocycles. The van der Waals surface area contributed by atoms with Crippen LogP contribution in [0, 0.1) is 0 Å². The van der Waals surface area contributed by atoms with Gasteiger partial charge in [0.1, 0.15) is 5.60 Å². The summed E-state index contributed by atoms with van der Waals surface area (Å²) in [6.45, 7) is 4.58. The number of ether oxygens (including phenoxy) is 1. The smallest absolute Gasteiger partial charge is 0.141 e. The van der Waals surface area contributed by atoms with Crippen molar-refractivity contribution in [2.45, 2.75) is 32.0 Å². The summed E-state index contributed by atoms with van der Waals surface area (Å²) in [6, 6.07) is 16.1. The van der Waals surface area contributed by atoms with Gasteiger partial charge in [-0.3, -0.25) is 0 Å². The SMILES string of the molecule is CCOC(CC)C(O)(c1ccc(N(C)C)cc1)c1ccc(N(C)C)cc1. The minimum absolute atomic E-state index is 0.317. The molecule has 1 atom stereocenters. The van der Waals surface area contributed by atoms with Gasteiger partial charge in [-0.05, 0) is 48.7 Å². The first-order chi connectivity index (χ1) is 12.3. The third kappa shape index (κ3) is 4.02. The topological polar surface area (TPSA) is 35.9 Å². The quantitative estimate of drug-likeness (QED) is 0.779. The summed E-state index contributed by atoms with van der Waals surface area (Å²) in [5, 5.41) is 11.9. The lowest BCUT2D eigenvalue weighted by molar-refractivity contribution is -0.0880. The van der Waals surface area contributed by atoms with Gasteiger partial charge in [-0.1, -0.05) is 31.2 Å². The maximum atomic E-state index is 11.9. The minimum atomic E-state index is -1.19. The van der Waals surface area contributed by atoms with Crippen molar-refractivity contribution in [1.29, 1.82) is 0 Å². The lowest BCUT2D eigenvalue weighted by Crippen LogP contribution is -2.42. The summed E-state index contributed by atoms with van der Waals surface area (Å²) >= 11 is 0. The van der Waals surface area contributed by atoms with Gasteiger partial charge in [0, 0.05) is 46.2 Å². The monoisotopic (exact) mass is 356 g/mol. The van der Waals surface area contributed by atoms with E-state index in [9.17, 15) is 5.11 Å². The first-order valence-corrected chi connectivity index (χ1v) is 9.24. The number of hydrogen-bond acceptors (Lipinski definition) is 4. The van der Waals surface area contributed by atoms with Crippen LogP contribution in [0.25, 0.3) is 0 Å². The van der Waals surface area contributed by atoms with Gasteiger partial charge in [0.25, 0.3) is 0 Å². The van der Waals surface area contributed by atoms with Crippen molar-refractivity contribution in [2.75, 3.05) is 44.6 Å². The molecule has 0 saturated carbocycles. The number of nitrogens with zero attached hydrogens (tertiary/aromatic N) is 2. The third-order valence-electron chi connectivity index (χ3n) is 4.85. The second-order valence-corrected chi connectivity index (χ2v) is 7.00. The molecule has 0 heterocycles. The van der Waals surface area contributed by atoms with Gasteiger partial charge in [-0.25, -0.2) is 0 Å². The molecule has 4 nitrogen and oxygen atoms in total. The molecule has 2 rings (SSSR count). The van der Waals surface area contributed by atoms with Crippen LogP contribution in [-0.4, -0.2) is 46.0 Å². The van der Waals surface area contributed by atoms with Crippen LogP contribution >= 0.6 is 0 Å². The zero-order valence-electron chi connectivity index (χ0n) is 16.9.